The fourth-order valence-electron chi connectivity index (χ4n) is 5.68. The lowest BCUT2D eigenvalue weighted by Crippen LogP contribution is -2.42. The van der Waals surface area contributed by atoms with Gasteiger partial charge in [-0.1, -0.05) is 0 Å². The van der Waals surface area contributed by atoms with Crippen molar-refractivity contribution >= 4 is 5.91 Å². The van der Waals surface area contributed by atoms with E-state index in [0.29, 0.717) is 17.0 Å². The van der Waals surface area contributed by atoms with Gasteiger partial charge in [-0.2, -0.15) is 0 Å². The molecular weight excluding hydrogens is 340 g/mol. The summed E-state index contributed by atoms with van der Waals surface area (Å²) >= 11 is 0. The Balaban J connectivity index is 1.22. The number of carbonyl (C=O) groups excluding carboxylic acids is 1. The van der Waals surface area contributed by atoms with Gasteiger partial charge >= 0.3 is 0 Å². The van der Waals surface area contributed by atoms with Crippen LogP contribution in [0.15, 0.2) is 12.3 Å². The van der Waals surface area contributed by atoms with Gasteiger partial charge in [0.2, 0.25) is 0 Å². The molecule has 0 bridgehead atoms. The Morgan fingerprint density at radius 2 is 1.93 bits per heavy atom. The summed E-state index contributed by atoms with van der Waals surface area (Å²) in [5, 5.41) is 8.81. The second-order valence-corrected chi connectivity index (χ2v) is 9.15. The van der Waals surface area contributed by atoms with Gasteiger partial charge < -0.3 is 4.90 Å². The first-order valence-corrected chi connectivity index (χ1v) is 10.6. The number of likely N-dealkylation sites (tertiary alicyclic amines) is 1. The highest BCUT2D eigenvalue weighted by atomic mass is 16.5. The van der Waals surface area contributed by atoms with Crippen LogP contribution >= 0.6 is 0 Å². The molecule has 1 atom stereocenters. The van der Waals surface area contributed by atoms with Gasteiger partial charge in [0, 0.05) is 31.4 Å². The molecule has 1 amide bonds. The molecule has 1 spiro atoms. The van der Waals surface area contributed by atoms with E-state index < -0.39 is 5.91 Å². The molecule has 2 aliphatic heterocycles. The molecule has 27 heavy (non-hydrogen) atoms. The molecule has 6 nitrogen and oxygen atoms in total. The van der Waals surface area contributed by atoms with Crippen molar-refractivity contribution in [3.63, 3.8) is 0 Å². The molecule has 5 rings (SSSR count). The van der Waals surface area contributed by atoms with Crippen LogP contribution in [0, 0.1) is 5.41 Å². The van der Waals surface area contributed by atoms with Crippen LogP contribution in [0.25, 0.3) is 0 Å². The molecule has 1 unspecified atom stereocenters. The first-order valence-electron chi connectivity index (χ1n) is 10.6. The average Bonchev–Trinajstić information content (AvgIpc) is 3.48. The molecule has 1 saturated heterocycles. The highest BCUT2D eigenvalue weighted by Gasteiger charge is 2.45. The summed E-state index contributed by atoms with van der Waals surface area (Å²) in [6.07, 6.45) is 12.2. The first-order chi connectivity index (χ1) is 13.2. The third-order valence-corrected chi connectivity index (χ3v) is 7.56. The maximum atomic E-state index is 11.6. The number of carbonyl (C=O) groups is 1. The van der Waals surface area contributed by atoms with Gasteiger partial charge in [-0.05, 0) is 81.5 Å². The SMILES string of the molecule is O=C(NO)c1cnc2c(c1)CCN(C1CCC3(CCN(C4CC4)CC3)C1)C2. The summed E-state index contributed by atoms with van der Waals surface area (Å²) in [7, 11) is 0. The molecule has 2 N–H and O–H groups in total. The molecular formula is C21H30N4O2. The maximum absolute atomic E-state index is 11.6. The standard InChI is InChI=1S/C21H30N4O2/c26-20(23-27)16-11-15-4-8-25(14-19(15)22-13-16)18-3-5-21(12-18)6-9-24(10-7-21)17-1-2-17/h11,13,17-18,27H,1-10,12,14H2,(H,23,26). The maximum Gasteiger partial charge on any atom is 0.276 e. The number of nitrogens with zero attached hydrogens (tertiary/aromatic N) is 3. The zero-order chi connectivity index (χ0) is 18.4. The van der Waals surface area contributed by atoms with Gasteiger partial charge in [-0.15, -0.1) is 0 Å². The minimum atomic E-state index is -0.483. The Morgan fingerprint density at radius 1 is 1.11 bits per heavy atom. The van der Waals surface area contributed by atoms with E-state index in [9.17, 15) is 4.79 Å². The number of piperidine rings is 1. The van der Waals surface area contributed by atoms with Crippen LogP contribution in [0.3, 0.4) is 0 Å². The van der Waals surface area contributed by atoms with E-state index >= 15 is 0 Å². The van der Waals surface area contributed by atoms with E-state index in [1.54, 1.807) is 11.7 Å². The first kappa shape index (κ1) is 17.6. The van der Waals surface area contributed by atoms with Crippen molar-refractivity contribution in [2.75, 3.05) is 19.6 Å². The predicted molar refractivity (Wildman–Crippen MR) is 102 cm³/mol. The zero-order valence-electron chi connectivity index (χ0n) is 16.0. The van der Waals surface area contributed by atoms with Crippen LogP contribution in [0.2, 0.25) is 0 Å². The molecule has 1 aromatic heterocycles. The Hall–Kier alpha value is -1.50. The largest absolute Gasteiger partial charge is 0.300 e. The van der Waals surface area contributed by atoms with Crippen LogP contribution in [0.5, 0.6) is 0 Å². The molecule has 0 radical (unpaired) electrons. The lowest BCUT2D eigenvalue weighted by atomic mass is 9.76. The lowest BCUT2D eigenvalue weighted by molar-refractivity contribution is 0.0705. The van der Waals surface area contributed by atoms with Crippen molar-refractivity contribution < 1.29 is 10.0 Å². The Bertz CT molecular complexity index is 725. The van der Waals surface area contributed by atoms with Crippen molar-refractivity contribution in [3.8, 4) is 0 Å². The van der Waals surface area contributed by atoms with Crippen LogP contribution in [0.1, 0.15) is 66.6 Å². The van der Waals surface area contributed by atoms with Crippen LogP contribution in [0.4, 0.5) is 0 Å². The number of aromatic nitrogens is 1. The highest BCUT2D eigenvalue weighted by Crippen LogP contribution is 2.49. The summed E-state index contributed by atoms with van der Waals surface area (Å²) in [5.74, 6) is -0.483. The number of hydrogen-bond acceptors (Lipinski definition) is 5. The normalized spacial score (nSPS) is 28.3. The molecule has 2 saturated carbocycles. The topological polar surface area (TPSA) is 68.7 Å². The van der Waals surface area contributed by atoms with Gasteiger partial charge in [-0.3, -0.25) is 19.9 Å². The van der Waals surface area contributed by atoms with E-state index in [4.69, 9.17) is 5.21 Å². The smallest absolute Gasteiger partial charge is 0.276 e. The van der Waals surface area contributed by atoms with Crippen molar-refractivity contribution in [1.82, 2.24) is 20.3 Å². The molecule has 6 heteroatoms. The fraction of sp³-hybridized carbons (Fsp3) is 0.714. The summed E-state index contributed by atoms with van der Waals surface area (Å²) in [4.78, 5) is 21.5. The van der Waals surface area contributed by atoms with Gasteiger partial charge in [0.1, 0.15) is 0 Å². The molecule has 0 aromatic carbocycles. The molecule has 2 aliphatic carbocycles. The summed E-state index contributed by atoms with van der Waals surface area (Å²) in [6, 6.07) is 3.49. The quantitative estimate of drug-likeness (QED) is 0.631. The van der Waals surface area contributed by atoms with Crippen LogP contribution in [-0.2, 0) is 13.0 Å². The Morgan fingerprint density at radius 3 is 2.67 bits per heavy atom. The number of rotatable bonds is 3. The minimum Gasteiger partial charge on any atom is -0.300 e. The fourth-order valence-corrected chi connectivity index (χ4v) is 5.68. The number of nitrogens with one attached hydrogen (secondary N) is 1. The number of hydrogen-bond donors (Lipinski definition) is 2. The van der Waals surface area contributed by atoms with Gasteiger partial charge in [0.05, 0.1) is 11.3 Å². The number of hydroxylamine groups is 1. The monoisotopic (exact) mass is 370 g/mol. The Kier molecular flexibility index (Phi) is 4.45. The van der Waals surface area contributed by atoms with Gasteiger partial charge in [0.25, 0.3) is 5.91 Å². The van der Waals surface area contributed by atoms with Crippen LogP contribution in [-0.4, -0.2) is 57.6 Å². The van der Waals surface area contributed by atoms with E-state index in [2.05, 4.69) is 14.8 Å². The second kappa shape index (κ2) is 6.83. The van der Waals surface area contributed by atoms with Crippen molar-refractivity contribution in [2.24, 2.45) is 5.41 Å². The zero-order valence-corrected chi connectivity index (χ0v) is 16.0. The van der Waals surface area contributed by atoms with E-state index in [1.807, 2.05) is 6.07 Å². The molecule has 1 aromatic rings. The summed E-state index contributed by atoms with van der Waals surface area (Å²) < 4.78 is 0. The number of fused-ring (bicyclic) bond motifs is 1. The average molecular weight is 370 g/mol. The van der Waals surface area contributed by atoms with Crippen LogP contribution < -0.4 is 5.48 Å². The summed E-state index contributed by atoms with van der Waals surface area (Å²) in [5.41, 5.74) is 4.97. The second-order valence-electron chi connectivity index (χ2n) is 9.15. The van der Waals surface area contributed by atoms with Gasteiger partial charge in [-0.25, -0.2) is 5.48 Å². The third-order valence-electron chi connectivity index (χ3n) is 7.56. The van der Waals surface area contributed by atoms with Crippen molar-refractivity contribution in [3.05, 3.63) is 29.1 Å². The van der Waals surface area contributed by atoms with E-state index in [1.165, 1.54) is 58.0 Å². The number of amides is 1. The molecule has 146 valence electrons. The van der Waals surface area contributed by atoms with E-state index in [-0.39, 0.29) is 0 Å². The molecule has 4 aliphatic rings. The highest BCUT2D eigenvalue weighted by molar-refractivity contribution is 5.93. The predicted octanol–water partition coefficient (Wildman–Crippen LogP) is 2.36. The summed E-state index contributed by atoms with van der Waals surface area (Å²) in [6.45, 7) is 4.58. The van der Waals surface area contributed by atoms with Gasteiger partial charge in [0.15, 0.2) is 0 Å². The lowest BCUT2D eigenvalue weighted by Gasteiger charge is -2.41. The van der Waals surface area contributed by atoms with Crippen molar-refractivity contribution in [2.45, 2.75) is 70.0 Å². The third kappa shape index (κ3) is 3.39. The van der Waals surface area contributed by atoms with Crippen molar-refractivity contribution in [1.29, 1.82) is 0 Å². The van der Waals surface area contributed by atoms with E-state index in [0.717, 1.165) is 36.8 Å². The minimum absolute atomic E-state index is 0.437. The molecule has 3 fully saturated rings. The number of pyridine rings is 1. The molecule has 3 heterocycles. The Labute approximate surface area is 160 Å².